The maximum Gasteiger partial charge on any atom is 0.513 e. The molecule has 52 heavy (non-hydrogen) atoms. The van der Waals surface area contributed by atoms with E-state index in [-0.39, 0.29) is 49.4 Å². The third-order valence-corrected chi connectivity index (χ3v) is 7.56. The fourth-order valence-electron chi connectivity index (χ4n) is 4.66. The van der Waals surface area contributed by atoms with Crippen molar-refractivity contribution in [3.8, 4) is 23.0 Å². The highest BCUT2D eigenvalue weighted by molar-refractivity contribution is 5.87. The Hall–Kier alpha value is -5.66. The molecule has 0 unspecified atom stereocenters. The average Bonchev–Trinajstić information content (AvgIpc) is 3.12. The summed E-state index contributed by atoms with van der Waals surface area (Å²) in [5.74, 6) is -1.62. The fraction of sp³-hybridized carbons (Fsp3) is 0.421. The molecule has 2 aromatic rings. The molecule has 0 radical (unpaired) electrons. The van der Waals surface area contributed by atoms with Gasteiger partial charge in [-0.05, 0) is 114 Å². The lowest BCUT2D eigenvalue weighted by Crippen LogP contribution is -2.30. The number of unbranched alkanes of at least 4 members (excludes halogenated alkanes) is 2. The molecule has 0 saturated heterocycles. The zero-order valence-electron chi connectivity index (χ0n) is 29.4. The summed E-state index contributed by atoms with van der Waals surface area (Å²) < 4.78 is 41.2. The molecule has 1 fully saturated rings. The zero-order valence-corrected chi connectivity index (χ0v) is 29.4. The van der Waals surface area contributed by atoms with E-state index in [1.165, 1.54) is 48.5 Å². The highest BCUT2D eigenvalue weighted by atomic mass is 16.7. The molecule has 0 aromatic heterocycles. The van der Waals surface area contributed by atoms with Crippen molar-refractivity contribution in [1.29, 1.82) is 0 Å². The minimum atomic E-state index is -0.895. The number of benzene rings is 2. The van der Waals surface area contributed by atoms with Gasteiger partial charge in [0.1, 0.15) is 23.0 Å². The summed E-state index contributed by atoms with van der Waals surface area (Å²) in [6.45, 7) is 10.7. The molecule has 0 heterocycles. The molecule has 0 amide bonds. The van der Waals surface area contributed by atoms with Crippen LogP contribution in [0.3, 0.4) is 0 Å². The Morgan fingerprint density at radius 1 is 0.481 bits per heavy atom. The van der Waals surface area contributed by atoms with Gasteiger partial charge >= 0.3 is 36.2 Å². The quantitative estimate of drug-likeness (QED) is 0.0390. The van der Waals surface area contributed by atoms with E-state index in [0.29, 0.717) is 62.5 Å². The highest BCUT2D eigenvalue weighted by Crippen LogP contribution is 2.32. The normalized spacial score (nSPS) is 14.9. The Morgan fingerprint density at radius 2 is 0.750 bits per heavy atom. The standard InChI is InChI=1S/C38H44O14/c1-25(2)33(39)45-21-5-7-23-47-37(43)51-31-17-13-29(14-18-31)49-35(41)27-9-11-28(12-10-27)36(42)50-30-15-19-32(20-16-30)52-38(44)48-24-8-6-22-46-34(40)26(3)4/h13-20,27-28H,1,3,5-12,21-24H2,2,4H3/t27-,28-. The largest absolute Gasteiger partial charge is 0.513 e. The topological polar surface area (TPSA) is 176 Å². The van der Waals surface area contributed by atoms with Crippen LogP contribution in [0.5, 0.6) is 23.0 Å². The second-order valence-corrected chi connectivity index (χ2v) is 12.0. The molecule has 14 heteroatoms. The van der Waals surface area contributed by atoms with Crippen LogP contribution in [0.1, 0.15) is 65.2 Å². The lowest BCUT2D eigenvalue weighted by Gasteiger charge is -2.25. The molecule has 3 rings (SSSR count). The predicted octanol–water partition coefficient (Wildman–Crippen LogP) is 6.83. The number of rotatable bonds is 18. The lowest BCUT2D eigenvalue weighted by molar-refractivity contribution is -0.145. The molecule has 0 spiro atoms. The Bertz CT molecular complexity index is 1440. The van der Waals surface area contributed by atoms with Gasteiger partial charge in [-0.3, -0.25) is 9.59 Å². The highest BCUT2D eigenvalue weighted by Gasteiger charge is 2.32. The molecule has 0 N–H and O–H groups in total. The molecular formula is C38H44O14. The van der Waals surface area contributed by atoms with Crippen LogP contribution >= 0.6 is 0 Å². The van der Waals surface area contributed by atoms with Crippen LogP contribution in [0.2, 0.25) is 0 Å². The molecule has 0 bridgehead atoms. The van der Waals surface area contributed by atoms with Crippen LogP contribution in [0, 0.1) is 11.8 Å². The summed E-state index contributed by atoms with van der Waals surface area (Å²) in [5, 5.41) is 0. The number of hydrogen-bond acceptors (Lipinski definition) is 14. The van der Waals surface area contributed by atoms with Gasteiger partial charge in [-0.2, -0.15) is 0 Å². The van der Waals surface area contributed by atoms with E-state index in [4.69, 9.17) is 37.9 Å². The second kappa shape index (κ2) is 21.5. The third-order valence-electron chi connectivity index (χ3n) is 7.56. The van der Waals surface area contributed by atoms with Crippen molar-refractivity contribution in [2.75, 3.05) is 26.4 Å². The third kappa shape index (κ3) is 15.1. The van der Waals surface area contributed by atoms with E-state index in [1.807, 2.05) is 0 Å². The molecule has 0 aliphatic heterocycles. The van der Waals surface area contributed by atoms with Crippen LogP contribution in [0.15, 0.2) is 72.8 Å². The average molecular weight is 725 g/mol. The predicted molar refractivity (Wildman–Crippen MR) is 184 cm³/mol. The van der Waals surface area contributed by atoms with Gasteiger partial charge in [0.25, 0.3) is 0 Å². The van der Waals surface area contributed by atoms with E-state index < -0.39 is 48.0 Å². The van der Waals surface area contributed by atoms with Gasteiger partial charge in [0.15, 0.2) is 0 Å². The van der Waals surface area contributed by atoms with Crippen LogP contribution in [-0.4, -0.2) is 62.6 Å². The number of esters is 4. The first-order chi connectivity index (χ1) is 24.9. The van der Waals surface area contributed by atoms with Crippen LogP contribution in [0.4, 0.5) is 9.59 Å². The van der Waals surface area contributed by atoms with Gasteiger partial charge in [-0.15, -0.1) is 0 Å². The van der Waals surface area contributed by atoms with Gasteiger partial charge in [-0.25, -0.2) is 19.2 Å². The molecule has 280 valence electrons. The van der Waals surface area contributed by atoms with E-state index in [1.54, 1.807) is 13.8 Å². The molecule has 2 aromatic carbocycles. The van der Waals surface area contributed by atoms with Crippen LogP contribution < -0.4 is 18.9 Å². The molecule has 1 aliphatic rings. The Labute approximate surface area is 301 Å². The Kier molecular flexibility index (Phi) is 16.9. The van der Waals surface area contributed by atoms with Crippen molar-refractivity contribution in [2.24, 2.45) is 11.8 Å². The smallest absolute Gasteiger partial charge is 0.462 e. The van der Waals surface area contributed by atoms with E-state index in [2.05, 4.69) is 13.2 Å². The molecule has 1 saturated carbocycles. The van der Waals surface area contributed by atoms with Gasteiger partial charge in [0, 0.05) is 11.1 Å². The summed E-state index contributed by atoms with van der Waals surface area (Å²) >= 11 is 0. The van der Waals surface area contributed by atoms with Crippen molar-refractivity contribution in [1.82, 2.24) is 0 Å². The van der Waals surface area contributed by atoms with Gasteiger partial charge in [-0.1, -0.05) is 13.2 Å². The maximum absolute atomic E-state index is 12.8. The minimum Gasteiger partial charge on any atom is -0.462 e. The summed E-state index contributed by atoms with van der Waals surface area (Å²) in [5.41, 5.74) is 0.626. The van der Waals surface area contributed by atoms with Crippen molar-refractivity contribution in [3.63, 3.8) is 0 Å². The van der Waals surface area contributed by atoms with Crippen molar-refractivity contribution >= 4 is 36.2 Å². The molecule has 0 atom stereocenters. The van der Waals surface area contributed by atoms with Gasteiger partial charge in [0.2, 0.25) is 0 Å². The minimum absolute atomic E-state index is 0.0871. The molecular weight excluding hydrogens is 680 g/mol. The van der Waals surface area contributed by atoms with Crippen LogP contribution in [0.25, 0.3) is 0 Å². The number of carbonyl (C=O) groups is 6. The van der Waals surface area contributed by atoms with Gasteiger partial charge in [0.05, 0.1) is 38.3 Å². The lowest BCUT2D eigenvalue weighted by atomic mass is 9.82. The van der Waals surface area contributed by atoms with Crippen LogP contribution in [-0.2, 0) is 38.1 Å². The van der Waals surface area contributed by atoms with E-state index in [9.17, 15) is 28.8 Å². The first kappa shape index (κ1) is 40.8. The summed E-state index contributed by atoms with van der Waals surface area (Å²) in [6, 6.07) is 11.8. The first-order valence-electron chi connectivity index (χ1n) is 16.9. The monoisotopic (exact) mass is 724 g/mol. The summed E-state index contributed by atoms with van der Waals surface area (Å²) in [7, 11) is 0. The second-order valence-electron chi connectivity index (χ2n) is 12.0. The fourth-order valence-corrected chi connectivity index (χ4v) is 4.66. The first-order valence-corrected chi connectivity index (χ1v) is 16.9. The summed E-state index contributed by atoms with van der Waals surface area (Å²) in [4.78, 5) is 72.0. The van der Waals surface area contributed by atoms with Gasteiger partial charge < -0.3 is 37.9 Å². The van der Waals surface area contributed by atoms with Crippen molar-refractivity contribution < 1.29 is 66.7 Å². The molecule has 14 nitrogen and oxygen atoms in total. The number of ether oxygens (including phenoxy) is 8. The van der Waals surface area contributed by atoms with Crippen molar-refractivity contribution in [2.45, 2.75) is 65.2 Å². The zero-order chi connectivity index (χ0) is 37.9. The Balaban J connectivity index is 1.29. The van der Waals surface area contributed by atoms with E-state index in [0.717, 1.165) is 0 Å². The molecule has 1 aliphatic carbocycles. The number of carbonyl (C=O) groups excluding carboxylic acids is 6. The number of hydrogen-bond donors (Lipinski definition) is 0. The van der Waals surface area contributed by atoms with Crippen molar-refractivity contribution in [3.05, 3.63) is 72.8 Å². The van der Waals surface area contributed by atoms with E-state index >= 15 is 0 Å². The Morgan fingerprint density at radius 3 is 1.04 bits per heavy atom. The summed E-state index contributed by atoms with van der Waals surface area (Å²) in [6.07, 6.45) is 1.94. The maximum atomic E-state index is 12.8. The SMILES string of the molecule is C=C(C)C(=O)OCCCCOC(=O)Oc1ccc(OC(=O)[C@H]2CC[C@H](C(=O)Oc3ccc(OC(=O)OCCCCOC(=O)C(=C)C)cc3)CC2)cc1.